The quantitative estimate of drug-likeness (QED) is 0.627. The van der Waals surface area contributed by atoms with Gasteiger partial charge in [-0.15, -0.1) is 0 Å². The standard InChI is InChI=1S/C10H11N3O5/c1-6(10(15)16)12(7(2)14)9-8(13(17)18)4-3-5-11-9/h3-6H,1-2H3,(H,15,16). The van der Waals surface area contributed by atoms with Gasteiger partial charge in [0.2, 0.25) is 11.7 Å². The van der Waals surface area contributed by atoms with Crippen molar-refractivity contribution in [3.63, 3.8) is 0 Å². The van der Waals surface area contributed by atoms with Crippen LogP contribution >= 0.6 is 0 Å². The second-order valence-corrected chi connectivity index (χ2v) is 3.51. The third-order valence-corrected chi connectivity index (χ3v) is 2.27. The fourth-order valence-corrected chi connectivity index (χ4v) is 1.43. The van der Waals surface area contributed by atoms with Gasteiger partial charge in [0.25, 0.3) is 0 Å². The van der Waals surface area contributed by atoms with E-state index in [0.717, 1.165) is 17.9 Å². The summed E-state index contributed by atoms with van der Waals surface area (Å²) >= 11 is 0. The van der Waals surface area contributed by atoms with E-state index in [1.807, 2.05) is 0 Å². The van der Waals surface area contributed by atoms with Crippen LogP contribution in [0.3, 0.4) is 0 Å². The molecular formula is C10H11N3O5. The summed E-state index contributed by atoms with van der Waals surface area (Å²) in [6.07, 6.45) is 1.26. The molecule has 1 N–H and O–H groups in total. The maximum atomic E-state index is 11.5. The number of hydrogen-bond donors (Lipinski definition) is 1. The number of aliphatic carboxylic acids is 1. The van der Waals surface area contributed by atoms with Gasteiger partial charge in [0, 0.05) is 19.2 Å². The van der Waals surface area contributed by atoms with E-state index >= 15 is 0 Å². The monoisotopic (exact) mass is 253 g/mol. The number of rotatable bonds is 4. The van der Waals surface area contributed by atoms with Crippen LogP contribution in [-0.4, -0.2) is 32.9 Å². The van der Waals surface area contributed by atoms with Gasteiger partial charge in [-0.2, -0.15) is 0 Å². The number of aromatic nitrogens is 1. The minimum absolute atomic E-state index is 0.273. The number of carbonyl (C=O) groups is 2. The van der Waals surface area contributed by atoms with Crippen molar-refractivity contribution in [2.75, 3.05) is 4.90 Å². The summed E-state index contributed by atoms with van der Waals surface area (Å²) in [5, 5.41) is 19.7. The summed E-state index contributed by atoms with van der Waals surface area (Å²) in [5.74, 6) is -2.18. The van der Waals surface area contributed by atoms with E-state index in [-0.39, 0.29) is 5.82 Å². The molecule has 8 nitrogen and oxygen atoms in total. The molecule has 1 unspecified atom stereocenters. The van der Waals surface area contributed by atoms with Crippen molar-refractivity contribution in [2.24, 2.45) is 0 Å². The predicted molar refractivity (Wildman–Crippen MR) is 61.1 cm³/mol. The number of amides is 1. The molecular weight excluding hydrogens is 242 g/mol. The lowest BCUT2D eigenvalue weighted by atomic mass is 10.2. The Morgan fingerprint density at radius 2 is 2.17 bits per heavy atom. The van der Waals surface area contributed by atoms with E-state index in [1.54, 1.807) is 0 Å². The Bertz CT molecular complexity index is 502. The lowest BCUT2D eigenvalue weighted by Gasteiger charge is -2.23. The Morgan fingerprint density at radius 3 is 2.61 bits per heavy atom. The van der Waals surface area contributed by atoms with Crippen molar-refractivity contribution in [3.8, 4) is 0 Å². The van der Waals surface area contributed by atoms with Gasteiger partial charge in [0.15, 0.2) is 0 Å². The largest absolute Gasteiger partial charge is 0.480 e. The fraction of sp³-hybridized carbons (Fsp3) is 0.300. The Balaban J connectivity index is 3.35. The van der Waals surface area contributed by atoms with Gasteiger partial charge in [0.1, 0.15) is 6.04 Å². The molecule has 0 aliphatic heterocycles. The molecule has 96 valence electrons. The molecule has 0 radical (unpaired) electrons. The molecule has 0 aromatic carbocycles. The summed E-state index contributed by atoms with van der Waals surface area (Å²) < 4.78 is 0. The Hall–Kier alpha value is -2.51. The molecule has 1 amide bonds. The second-order valence-electron chi connectivity index (χ2n) is 3.51. The molecule has 0 saturated carbocycles. The van der Waals surface area contributed by atoms with Gasteiger partial charge in [-0.05, 0) is 13.0 Å². The van der Waals surface area contributed by atoms with Gasteiger partial charge in [-0.1, -0.05) is 0 Å². The number of nitrogens with zero attached hydrogens (tertiary/aromatic N) is 3. The van der Waals surface area contributed by atoms with Crippen molar-refractivity contribution in [1.82, 2.24) is 4.98 Å². The van der Waals surface area contributed by atoms with Crippen LogP contribution in [0.4, 0.5) is 11.5 Å². The first-order valence-electron chi connectivity index (χ1n) is 4.98. The number of hydrogen-bond acceptors (Lipinski definition) is 5. The SMILES string of the molecule is CC(=O)N(c1ncccc1[N+](=O)[O-])C(C)C(=O)O. The average molecular weight is 253 g/mol. The van der Waals surface area contributed by atoms with Crippen LogP contribution in [0.15, 0.2) is 18.3 Å². The maximum Gasteiger partial charge on any atom is 0.326 e. The van der Waals surface area contributed by atoms with Crippen LogP contribution in [0, 0.1) is 10.1 Å². The number of anilines is 1. The molecule has 0 bridgehead atoms. The summed E-state index contributed by atoms with van der Waals surface area (Å²) in [4.78, 5) is 37.0. The van der Waals surface area contributed by atoms with Gasteiger partial charge in [-0.25, -0.2) is 9.78 Å². The summed E-state index contributed by atoms with van der Waals surface area (Å²) in [6.45, 7) is 2.37. The first-order chi connectivity index (χ1) is 8.36. The average Bonchev–Trinajstić information content (AvgIpc) is 2.28. The van der Waals surface area contributed by atoms with Crippen LogP contribution in [0.5, 0.6) is 0 Å². The Labute approximate surface area is 102 Å². The third-order valence-electron chi connectivity index (χ3n) is 2.27. The van der Waals surface area contributed by atoms with Crippen molar-refractivity contribution >= 4 is 23.4 Å². The van der Waals surface area contributed by atoms with E-state index in [0.29, 0.717) is 0 Å². The highest BCUT2D eigenvalue weighted by molar-refractivity contribution is 5.98. The molecule has 1 atom stereocenters. The van der Waals surface area contributed by atoms with Crippen LogP contribution < -0.4 is 4.90 Å². The van der Waals surface area contributed by atoms with E-state index in [1.165, 1.54) is 19.2 Å². The summed E-state index contributed by atoms with van der Waals surface area (Å²) in [7, 11) is 0. The Kier molecular flexibility index (Phi) is 3.93. The fourth-order valence-electron chi connectivity index (χ4n) is 1.43. The number of nitro groups is 1. The van der Waals surface area contributed by atoms with Crippen molar-refractivity contribution in [2.45, 2.75) is 19.9 Å². The molecule has 1 aromatic rings. The minimum Gasteiger partial charge on any atom is -0.480 e. The van der Waals surface area contributed by atoms with Crippen LogP contribution in [0.2, 0.25) is 0 Å². The van der Waals surface area contributed by atoms with E-state index in [4.69, 9.17) is 5.11 Å². The number of carboxylic acid groups (broad SMARTS) is 1. The van der Waals surface area contributed by atoms with Crippen LogP contribution in [0.25, 0.3) is 0 Å². The van der Waals surface area contributed by atoms with Crippen LogP contribution in [-0.2, 0) is 9.59 Å². The molecule has 0 aliphatic carbocycles. The second kappa shape index (κ2) is 5.21. The topological polar surface area (TPSA) is 114 Å². The number of pyridine rings is 1. The molecule has 1 rings (SSSR count). The highest BCUT2D eigenvalue weighted by Crippen LogP contribution is 2.26. The lowest BCUT2D eigenvalue weighted by Crippen LogP contribution is -2.43. The third kappa shape index (κ3) is 2.59. The number of carboxylic acids is 1. The highest BCUT2D eigenvalue weighted by Gasteiger charge is 2.31. The first kappa shape index (κ1) is 13.6. The summed E-state index contributed by atoms with van der Waals surface area (Å²) in [5.41, 5.74) is -0.416. The van der Waals surface area contributed by atoms with E-state index in [2.05, 4.69) is 4.98 Å². The van der Waals surface area contributed by atoms with Gasteiger partial charge in [-0.3, -0.25) is 19.8 Å². The maximum absolute atomic E-state index is 11.5. The molecule has 0 spiro atoms. The Morgan fingerprint density at radius 1 is 1.56 bits per heavy atom. The van der Waals surface area contributed by atoms with Crippen molar-refractivity contribution < 1.29 is 19.6 Å². The normalized spacial score (nSPS) is 11.7. The smallest absolute Gasteiger partial charge is 0.326 e. The minimum atomic E-state index is -1.27. The van der Waals surface area contributed by atoms with Crippen molar-refractivity contribution in [1.29, 1.82) is 0 Å². The molecule has 0 saturated heterocycles. The molecule has 1 heterocycles. The van der Waals surface area contributed by atoms with E-state index < -0.39 is 28.5 Å². The highest BCUT2D eigenvalue weighted by atomic mass is 16.6. The van der Waals surface area contributed by atoms with Gasteiger partial charge in [0.05, 0.1) is 4.92 Å². The molecule has 0 fully saturated rings. The van der Waals surface area contributed by atoms with Crippen LogP contribution in [0.1, 0.15) is 13.8 Å². The molecule has 1 aromatic heterocycles. The molecule has 0 aliphatic rings. The zero-order chi connectivity index (χ0) is 13.9. The molecule has 8 heteroatoms. The predicted octanol–water partition coefficient (Wildman–Crippen LogP) is 0.816. The van der Waals surface area contributed by atoms with Crippen molar-refractivity contribution in [3.05, 3.63) is 28.4 Å². The lowest BCUT2D eigenvalue weighted by molar-refractivity contribution is -0.384. The molecule has 18 heavy (non-hydrogen) atoms. The summed E-state index contributed by atoms with van der Waals surface area (Å²) in [6, 6.07) is 1.26. The zero-order valence-corrected chi connectivity index (χ0v) is 9.73. The first-order valence-corrected chi connectivity index (χ1v) is 4.98. The van der Waals surface area contributed by atoms with Gasteiger partial charge >= 0.3 is 11.7 Å². The number of carbonyl (C=O) groups excluding carboxylic acids is 1. The van der Waals surface area contributed by atoms with E-state index in [9.17, 15) is 19.7 Å². The zero-order valence-electron chi connectivity index (χ0n) is 9.73. The van der Waals surface area contributed by atoms with Gasteiger partial charge < -0.3 is 5.11 Å².